The van der Waals surface area contributed by atoms with Crippen molar-refractivity contribution in [2.75, 3.05) is 44.8 Å². The largest absolute Gasteiger partial charge is 0.508 e. The highest BCUT2D eigenvalue weighted by molar-refractivity contribution is 5.80. The molecule has 2 atom stereocenters. The van der Waals surface area contributed by atoms with Crippen molar-refractivity contribution in [2.45, 2.75) is 31.5 Å². The summed E-state index contributed by atoms with van der Waals surface area (Å²) in [4.78, 5) is 21.1. The fraction of sp³-hybridized carbons (Fsp3) is 0.407. The van der Waals surface area contributed by atoms with Crippen LogP contribution in [0.25, 0.3) is 10.9 Å². The number of piperazine rings is 1. The van der Waals surface area contributed by atoms with Gasteiger partial charge in [-0.05, 0) is 71.1 Å². The van der Waals surface area contributed by atoms with E-state index in [1.807, 2.05) is 36.4 Å². The number of aromatic amines is 1. The number of benzene rings is 2. The van der Waals surface area contributed by atoms with Gasteiger partial charge >= 0.3 is 0 Å². The van der Waals surface area contributed by atoms with E-state index in [1.54, 1.807) is 23.9 Å². The van der Waals surface area contributed by atoms with Crippen molar-refractivity contribution in [1.82, 2.24) is 30.1 Å². The summed E-state index contributed by atoms with van der Waals surface area (Å²) in [6.45, 7) is 4.24. The number of fused-ring (bicyclic) bond motifs is 1. The molecule has 0 radical (unpaired) electrons. The monoisotopic (exact) mass is 517 g/mol. The molecule has 4 heterocycles. The first-order valence-corrected chi connectivity index (χ1v) is 13.0. The smallest absolute Gasteiger partial charge is 0.253 e. The molecule has 2 N–H and O–H groups in total. The molecule has 0 aliphatic carbocycles. The number of hydrogen-bond acceptors (Lipinski definition) is 9. The van der Waals surface area contributed by atoms with Gasteiger partial charge in [-0.25, -0.2) is 4.68 Å². The number of phenols is 1. The Kier molecular flexibility index (Phi) is 6.69. The Morgan fingerprint density at radius 3 is 2.68 bits per heavy atom. The van der Waals surface area contributed by atoms with Crippen molar-refractivity contribution in [3.8, 4) is 11.5 Å². The van der Waals surface area contributed by atoms with Crippen molar-refractivity contribution < 1.29 is 14.6 Å². The summed E-state index contributed by atoms with van der Waals surface area (Å²) in [5.74, 6) is 1.57. The highest BCUT2D eigenvalue weighted by atomic mass is 16.5. The number of aromatic hydroxyl groups is 1. The zero-order chi connectivity index (χ0) is 26.1. The Labute approximate surface area is 219 Å². The van der Waals surface area contributed by atoms with E-state index in [1.165, 1.54) is 0 Å². The molecule has 2 fully saturated rings. The molecule has 2 saturated heterocycles. The van der Waals surface area contributed by atoms with E-state index >= 15 is 0 Å². The lowest BCUT2D eigenvalue weighted by Crippen LogP contribution is -2.49. The average molecular weight is 518 g/mol. The van der Waals surface area contributed by atoms with E-state index in [0.717, 1.165) is 43.6 Å². The van der Waals surface area contributed by atoms with E-state index in [2.05, 4.69) is 30.3 Å². The van der Waals surface area contributed by atoms with Gasteiger partial charge < -0.3 is 24.5 Å². The fourth-order valence-electron chi connectivity index (χ4n) is 5.45. The molecule has 4 aromatic rings. The van der Waals surface area contributed by atoms with Crippen LogP contribution in [-0.2, 0) is 11.3 Å². The van der Waals surface area contributed by atoms with Crippen LogP contribution in [-0.4, -0.2) is 81.2 Å². The highest BCUT2D eigenvalue weighted by Gasteiger charge is 2.33. The van der Waals surface area contributed by atoms with Crippen molar-refractivity contribution in [3.63, 3.8) is 0 Å². The van der Waals surface area contributed by atoms with Crippen LogP contribution < -0.4 is 15.2 Å². The number of ether oxygens (including phenoxy) is 2. The Bertz CT molecular complexity index is 1450. The van der Waals surface area contributed by atoms with Gasteiger partial charge in [0.05, 0.1) is 25.3 Å². The Morgan fingerprint density at radius 1 is 1.13 bits per heavy atom. The SMILES string of the molecule is COc1ccc2cc(C(c3nnnn3CC3CCCO3)N3CCN(c4ccc(O)cc4)CC3)c(=O)[nH]c2c1. The number of phenolic OH excluding ortho intramolecular Hbond substituents is 1. The van der Waals surface area contributed by atoms with Crippen LogP contribution in [0, 0.1) is 0 Å². The van der Waals surface area contributed by atoms with Crippen LogP contribution in [0.3, 0.4) is 0 Å². The van der Waals surface area contributed by atoms with Crippen LogP contribution in [0.5, 0.6) is 11.5 Å². The summed E-state index contributed by atoms with van der Waals surface area (Å²) in [6.07, 6.45) is 2.05. The van der Waals surface area contributed by atoms with Crippen LogP contribution in [0.2, 0.25) is 0 Å². The molecular weight excluding hydrogens is 486 g/mol. The minimum Gasteiger partial charge on any atom is -0.508 e. The zero-order valence-corrected chi connectivity index (χ0v) is 21.3. The molecule has 198 valence electrons. The maximum absolute atomic E-state index is 13.5. The molecule has 2 unspecified atom stereocenters. The number of tetrazole rings is 1. The van der Waals surface area contributed by atoms with E-state index in [-0.39, 0.29) is 17.4 Å². The van der Waals surface area contributed by atoms with Gasteiger partial charge in [0.2, 0.25) is 0 Å². The summed E-state index contributed by atoms with van der Waals surface area (Å²) in [5.41, 5.74) is 2.19. The summed E-state index contributed by atoms with van der Waals surface area (Å²) >= 11 is 0. The summed E-state index contributed by atoms with van der Waals surface area (Å²) in [6, 6.07) is 14.4. The van der Waals surface area contributed by atoms with E-state index in [9.17, 15) is 9.90 Å². The Balaban J connectivity index is 1.35. The van der Waals surface area contributed by atoms with Crippen LogP contribution in [0.4, 0.5) is 5.69 Å². The van der Waals surface area contributed by atoms with Crippen molar-refractivity contribution in [1.29, 1.82) is 0 Å². The maximum atomic E-state index is 13.5. The lowest BCUT2D eigenvalue weighted by Gasteiger charge is -2.39. The highest BCUT2D eigenvalue weighted by Crippen LogP contribution is 2.30. The topological polar surface area (TPSA) is 122 Å². The fourth-order valence-corrected chi connectivity index (χ4v) is 5.45. The number of methoxy groups -OCH3 is 1. The number of H-pyrrole nitrogens is 1. The molecule has 0 saturated carbocycles. The van der Waals surface area contributed by atoms with Gasteiger partial charge in [-0.3, -0.25) is 9.69 Å². The molecule has 6 rings (SSSR count). The third-order valence-corrected chi connectivity index (χ3v) is 7.48. The quantitative estimate of drug-likeness (QED) is 0.380. The molecule has 0 spiro atoms. The molecule has 11 heteroatoms. The number of nitrogens with zero attached hydrogens (tertiary/aromatic N) is 6. The summed E-state index contributed by atoms with van der Waals surface area (Å²) in [7, 11) is 1.61. The minimum atomic E-state index is -0.427. The number of rotatable bonds is 7. The van der Waals surface area contributed by atoms with E-state index in [0.29, 0.717) is 42.3 Å². The minimum absolute atomic E-state index is 0.0617. The molecule has 2 aliphatic rings. The predicted molar refractivity (Wildman–Crippen MR) is 142 cm³/mol. The summed E-state index contributed by atoms with van der Waals surface area (Å²) < 4.78 is 13.0. The first-order chi connectivity index (χ1) is 18.6. The van der Waals surface area contributed by atoms with Gasteiger partial charge in [0.15, 0.2) is 5.82 Å². The Morgan fingerprint density at radius 2 is 1.95 bits per heavy atom. The van der Waals surface area contributed by atoms with Gasteiger partial charge in [0.1, 0.15) is 17.5 Å². The Hall–Kier alpha value is -3.96. The maximum Gasteiger partial charge on any atom is 0.253 e. The van der Waals surface area contributed by atoms with Crippen molar-refractivity contribution in [3.05, 3.63) is 70.3 Å². The second-order valence-electron chi connectivity index (χ2n) is 9.80. The molecule has 2 aromatic carbocycles. The standard InChI is InChI=1S/C27H31N7O4/c1-37-21-9-4-18-15-23(27(36)28-24(18)16-21)25(26-29-30-31-34(26)17-22-3-2-14-38-22)33-12-10-32(11-13-33)19-5-7-20(35)8-6-19/h4-9,15-16,22,25,35H,2-3,10-14,17H2,1H3,(H,28,36). The third-order valence-electron chi connectivity index (χ3n) is 7.48. The molecule has 2 aromatic heterocycles. The van der Waals surface area contributed by atoms with E-state index in [4.69, 9.17) is 9.47 Å². The normalized spacial score (nSPS) is 19.2. The molecule has 11 nitrogen and oxygen atoms in total. The second kappa shape index (κ2) is 10.4. The number of pyridine rings is 1. The lowest BCUT2D eigenvalue weighted by atomic mass is 10.0. The van der Waals surface area contributed by atoms with Crippen molar-refractivity contribution in [2.24, 2.45) is 0 Å². The average Bonchev–Trinajstić information content (AvgIpc) is 3.63. The van der Waals surface area contributed by atoms with Crippen LogP contribution >= 0.6 is 0 Å². The third kappa shape index (κ3) is 4.82. The number of nitrogens with one attached hydrogen (secondary N) is 1. The van der Waals surface area contributed by atoms with Crippen LogP contribution in [0.1, 0.15) is 30.3 Å². The zero-order valence-electron chi connectivity index (χ0n) is 21.3. The number of aromatic nitrogens is 5. The van der Waals surface area contributed by atoms with Gasteiger partial charge in [0, 0.05) is 50.1 Å². The predicted octanol–water partition coefficient (Wildman–Crippen LogP) is 2.32. The first kappa shape index (κ1) is 24.4. The van der Waals surface area contributed by atoms with E-state index < -0.39 is 6.04 Å². The molecule has 2 aliphatic heterocycles. The first-order valence-electron chi connectivity index (χ1n) is 13.0. The number of anilines is 1. The second-order valence-corrected chi connectivity index (χ2v) is 9.80. The summed E-state index contributed by atoms with van der Waals surface area (Å²) in [5, 5.41) is 23.3. The molecular formula is C27H31N7O4. The number of hydrogen-bond donors (Lipinski definition) is 2. The molecule has 0 bridgehead atoms. The van der Waals surface area contributed by atoms with Crippen LogP contribution in [0.15, 0.2) is 53.3 Å². The van der Waals surface area contributed by atoms with Gasteiger partial charge in [-0.2, -0.15) is 0 Å². The molecule has 38 heavy (non-hydrogen) atoms. The van der Waals surface area contributed by atoms with Gasteiger partial charge in [-0.1, -0.05) is 0 Å². The van der Waals surface area contributed by atoms with Gasteiger partial charge in [-0.15, -0.1) is 5.10 Å². The lowest BCUT2D eigenvalue weighted by molar-refractivity contribution is 0.0906. The molecule has 0 amide bonds. The van der Waals surface area contributed by atoms with Crippen molar-refractivity contribution >= 4 is 16.6 Å². The van der Waals surface area contributed by atoms with Gasteiger partial charge in [0.25, 0.3) is 5.56 Å².